The molecule has 1 rings (SSSR count). The van der Waals surface area contributed by atoms with Crippen LogP contribution in [0.5, 0.6) is 0 Å². The highest BCUT2D eigenvalue weighted by Gasteiger charge is 2.24. The van der Waals surface area contributed by atoms with E-state index in [1.807, 2.05) is 6.08 Å². The maximum atomic E-state index is 5.83. The monoisotopic (exact) mass is 394 g/mol. The zero-order valence-corrected chi connectivity index (χ0v) is 18.0. The van der Waals surface area contributed by atoms with Crippen LogP contribution in [-0.2, 0) is 23.6 Å². The summed E-state index contributed by atoms with van der Waals surface area (Å²) < 4.78 is 21.7. The van der Waals surface area contributed by atoms with Crippen molar-refractivity contribution in [3.63, 3.8) is 0 Å². The van der Waals surface area contributed by atoms with Crippen molar-refractivity contribution in [2.45, 2.75) is 18.2 Å². The number of methoxy groups -OCH3 is 2. The van der Waals surface area contributed by atoms with Gasteiger partial charge in [-0.25, -0.2) is 0 Å². The minimum Gasteiger partial charge on any atom is -0.476 e. The van der Waals surface area contributed by atoms with Gasteiger partial charge in [-0.2, -0.15) is 0 Å². The van der Waals surface area contributed by atoms with Gasteiger partial charge in [0.2, 0.25) is 0 Å². The van der Waals surface area contributed by atoms with Crippen LogP contribution in [-0.4, -0.2) is 75.1 Å². The number of hydrogen-bond donors (Lipinski definition) is 2. The average Bonchev–Trinajstić information content (AvgIpc) is 2.70. The lowest BCUT2D eigenvalue weighted by Gasteiger charge is -2.13. The van der Waals surface area contributed by atoms with Gasteiger partial charge < -0.3 is 27.7 Å². The molecule has 0 heterocycles. The standard InChI is InChI=1S/C14H21N2.2C3H7O2.Al/c1-3-9-15-10-11-16-12-14-7-5-13(4-2)6-8-14;2*1-5-3-2-4;/h4-8,15-16H,1-3,9-12H2;2*2-3H2,1H3;/q;2*-1;+2. The fourth-order valence-corrected chi connectivity index (χ4v) is 4.13. The summed E-state index contributed by atoms with van der Waals surface area (Å²) in [6, 6.07) is 8.45. The van der Waals surface area contributed by atoms with Gasteiger partial charge in [-0.15, -0.1) is 0 Å². The lowest BCUT2D eigenvalue weighted by Crippen LogP contribution is -2.30. The molecule has 0 aliphatic carbocycles. The van der Waals surface area contributed by atoms with Crippen LogP contribution < -0.4 is 10.6 Å². The number of rotatable bonds is 18. The van der Waals surface area contributed by atoms with Crippen LogP contribution in [0, 0.1) is 0 Å². The SMILES string of the molecule is C=Cc1ccc(CNCCNCC[CH2][Al]([O]CCOC)[O]CCOC)cc1. The predicted molar refractivity (Wildman–Crippen MR) is 112 cm³/mol. The highest BCUT2D eigenvalue weighted by Crippen LogP contribution is 2.05. The Morgan fingerprint density at radius 1 is 0.889 bits per heavy atom. The van der Waals surface area contributed by atoms with Gasteiger partial charge in [0, 0.05) is 47.1 Å². The second kappa shape index (κ2) is 17.4. The molecule has 0 spiro atoms. The molecule has 1 aromatic rings. The van der Waals surface area contributed by atoms with Crippen molar-refractivity contribution in [2.75, 3.05) is 60.3 Å². The number of hydrogen-bond acceptors (Lipinski definition) is 6. The molecular weight excluding hydrogens is 359 g/mol. The summed E-state index contributed by atoms with van der Waals surface area (Å²) in [5.74, 6) is 0. The van der Waals surface area contributed by atoms with E-state index in [4.69, 9.17) is 17.1 Å². The molecule has 0 aromatic heterocycles. The van der Waals surface area contributed by atoms with E-state index < -0.39 is 14.8 Å². The smallest absolute Gasteiger partial charge is 0.476 e. The molecule has 0 amide bonds. The van der Waals surface area contributed by atoms with Gasteiger partial charge in [-0.1, -0.05) is 36.9 Å². The fraction of sp³-hybridized carbons (Fsp3) is 0.600. The molecule has 0 bridgehead atoms. The molecule has 152 valence electrons. The molecule has 7 heteroatoms. The van der Waals surface area contributed by atoms with Crippen molar-refractivity contribution in [1.82, 2.24) is 10.6 Å². The Hall–Kier alpha value is -0.748. The summed E-state index contributed by atoms with van der Waals surface area (Å²) in [4.78, 5) is 0. The molecule has 0 radical (unpaired) electrons. The summed E-state index contributed by atoms with van der Waals surface area (Å²) in [7, 11) is 3.36. The topological polar surface area (TPSA) is 61.0 Å². The molecule has 0 aliphatic heterocycles. The van der Waals surface area contributed by atoms with Crippen molar-refractivity contribution < 1.29 is 17.1 Å². The summed E-state index contributed by atoms with van der Waals surface area (Å²) in [5.41, 5.74) is 2.44. The van der Waals surface area contributed by atoms with E-state index in [9.17, 15) is 0 Å². The first-order chi connectivity index (χ1) is 13.3. The van der Waals surface area contributed by atoms with Gasteiger partial charge in [0.1, 0.15) is 0 Å². The zero-order valence-electron chi connectivity index (χ0n) is 16.9. The molecule has 1 aromatic carbocycles. The number of ether oxygens (including phenoxy) is 2. The Kier molecular flexibility index (Phi) is 15.6. The molecule has 6 nitrogen and oxygen atoms in total. The van der Waals surface area contributed by atoms with Crippen LogP contribution in [0.4, 0.5) is 0 Å². The first-order valence-electron chi connectivity index (χ1n) is 9.64. The van der Waals surface area contributed by atoms with Gasteiger partial charge in [0.25, 0.3) is 0 Å². The fourth-order valence-electron chi connectivity index (χ4n) is 2.44. The Morgan fingerprint density at radius 2 is 1.52 bits per heavy atom. The highest BCUT2D eigenvalue weighted by molar-refractivity contribution is 6.44. The second-order valence-electron chi connectivity index (χ2n) is 6.17. The number of nitrogens with one attached hydrogen (secondary N) is 2. The second-order valence-corrected chi connectivity index (χ2v) is 8.27. The summed E-state index contributed by atoms with van der Waals surface area (Å²) >= 11 is -1.63. The van der Waals surface area contributed by atoms with E-state index in [0.717, 1.165) is 43.4 Å². The van der Waals surface area contributed by atoms with Crippen LogP contribution in [0.15, 0.2) is 30.8 Å². The van der Waals surface area contributed by atoms with Gasteiger partial charge in [-0.05, 0) is 29.4 Å². The third-order valence-corrected chi connectivity index (χ3v) is 6.09. The quantitative estimate of drug-likeness (QED) is 0.294. The zero-order chi connectivity index (χ0) is 19.6. The molecule has 2 N–H and O–H groups in total. The maximum Gasteiger partial charge on any atom is 0.674 e. The van der Waals surface area contributed by atoms with Gasteiger partial charge in [0.05, 0.1) is 13.2 Å². The maximum absolute atomic E-state index is 5.83. The summed E-state index contributed by atoms with van der Waals surface area (Å²) in [6.07, 6.45) is 2.92. The minimum absolute atomic E-state index is 0.603. The van der Waals surface area contributed by atoms with E-state index in [1.54, 1.807) is 14.2 Å². The summed E-state index contributed by atoms with van der Waals surface area (Å²) in [6.45, 7) is 9.94. The third-order valence-electron chi connectivity index (χ3n) is 4.00. The van der Waals surface area contributed by atoms with E-state index in [0.29, 0.717) is 26.4 Å². The molecule has 0 saturated heterocycles. The van der Waals surface area contributed by atoms with Crippen LogP contribution in [0.1, 0.15) is 17.5 Å². The van der Waals surface area contributed by atoms with E-state index in [1.165, 1.54) is 5.56 Å². The van der Waals surface area contributed by atoms with Gasteiger partial charge >= 0.3 is 14.8 Å². The Balaban J connectivity index is 2.04. The van der Waals surface area contributed by atoms with Crippen LogP contribution in [0.3, 0.4) is 0 Å². The normalized spacial score (nSPS) is 10.9. The third kappa shape index (κ3) is 13.1. The lowest BCUT2D eigenvalue weighted by molar-refractivity contribution is 0.0994. The molecule has 0 aliphatic rings. The lowest BCUT2D eigenvalue weighted by atomic mass is 10.1. The van der Waals surface area contributed by atoms with Crippen molar-refractivity contribution in [3.05, 3.63) is 42.0 Å². The molecular formula is C20H35AlN2O4. The predicted octanol–water partition coefficient (Wildman–Crippen LogP) is 2.21. The summed E-state index contributed by atoms with van der Waals surface area (Å²) in [5, 5.41) is 7.91. The van der Waals surface area contributed by atoms with Crippen molar-refractivity contribution in [3.8, 4) is 0 Å². The first-order valence-corrected chi connectivity index (χ1v) is 11.4. The van der Waals surface area contributed by atoms with Crippen LogP contribution in [0.25, 0.3) is 6.08 Å². The molecule has 0 atom stereocenters. The Bertz CT molecular complexity index is 464. The largest absolute Gasteiger partial charge is 0.674 e. The Labute approximate surface area is 169 Å². The number of benzene rings is 1. The van der Waals surface area contributed by atoms with E-state index >= 15 is 0 Å². The van der Waals surface area contributed by atoms with Gasteiger partial charge in [0.15, 0.2) is 0 Å². The molecule has 0 unspecified atom stereocenters. The Morgan fingerprint density at radius 3 is 2.11 bits per heavy atom. The first kappa shape index (κ1) is 24.3. The van der Waals surface area contributed by atoms with E-state index in [-0.39, 0.29) is 0 Å². The van der Waals surface area contributed by atoms with Crippen LogP contribution in [0.2, 0.25) is 5.28 Å². The van der Waals surface area contributed by atoms with Crippen molar-refractivity contribution in [2.24, 2.45) is 0 Å². The minimum atomic E-state index is -1.63. The molecule has 0 fully saturated rings. The van der Waals surface area contributed by atoms with Crippen molar-refractivity contribution >= 4 is 20.9 Å². The highest BCUT2D eigenvalue weighted by atomic mass is 27.2. The van der Waals surface area contributed by atoms with Crippen LogP contribution >= 0.6 is 0 Å². The van der Waals surface area contributed by atoms with E-state index in [2.05, 4.69) is 41.5 Å². The van der Waals surface area contributed by atoms with Gasteiger partial charge in [-0.3, -0.25) is 0 Å². The average molecular weight is 394 g/mol. The van der Waals surface area contributed by atoms with Crippen molar-refractivity contribution in [1.29, 1.82) is 0 Å². The molecule has 27 heavy (non-hydrogen) atoms. The molecule has 0 saturated carbocycles.